The first-order valence-electron chi connectivity index (χ1n) is 6.97. The lowest BCUT2D eigenvalue weighted by Crippen LogP contribution is -2.42. The van der Waals surface area contributed by atoms with Gasteiger partial charge in [-0.05, 0) is 36.6 Å². The molecule has 0 unspecified atom stereocenters. The molecule has 22 heavy (non-hydrogen) atoms. The van der Waals surface area contributed by atoms with Gasteiger partial charge in [0.2, 0.25) is 11.8 Å². The molecule has 0 aliphatic heterocycles. The van der Waals surface area contributed by atoms with E-state index in [1.54, 1.807) is 12.1 Å². The molecule has 0 fully saturated rings. The zero-order valence-electron chi connectivity index (χ0n) is 12.8. The zero-order chi connectivity index (χ0) is 15.8. The Morgan fingerprint density at radius 1 is 1.23 bits per heavy atom. The van der Waals surface area contributed by atoms with Gasteiger partial charge in [-0.1, -0.05) is 29.8 Å². The minimum Gasteiger partial charge on any atom is -0.354 e. The van der Waals surface area contributed by atoms with E-state index >= 15 is 0 Å². The molecule has 0 saturated carbocycles. The summed E-state index contributed by atoms with van der Waals surface area (Å²) in [5.74, 6) is 0.0154. The molecule has 0 radical (unpaired) electrons. The highest BCUT2D eigenvalue weighted by Gasteiger charge is 2.14. The minimum absolute atomic E-state index is 0. The molecule has 124 valence electrons. The van der Waals surface area contributed by atoms with Crippen molar-refractivity contribution in [3.8, 4) is 0 Å². The maximum atomic E-state index is 11.7. The van der Waals surface area contributed by atoms with Crippen molar-refractivity contribution in [2.24, 2.45) is 11.7 Å². The van der Waals surface area contributed by atoms with Crippen molar-refractivity contribution >= 4 is 45.8 Å². The van der Waals surface area contributed by atoms with E-state index in [9.17, 15) is 9.59 Å². The number of hydrogen-bond donors (Lipinski definition) is 3. The monoisotopic (exact) mass is 391 g/mol. The molecule has 5 nitrogen and oxygen atoms in total. The molecule has 0 saturated heterocycles. The molecule has 1 aromatic carbocycles. The number of amides is 2. The Balaban J connectivity index is 0.00000441. The van der Waals surface area contributed by atoms with Crippen molar-refractivity contribution in [3.63, 3.8) is 0 Å². The number of nitrogens with two attached hydrogens (primary N) is 1. The molecule has 1 atom stereocenters. The summed E-state index contributed by atoms with van der Waals surface area (Å²) in [4.78, 5) is 23.4. The van der Waals surface area contributed by atoms with Crippen LogP contribution in [-0.2, 0) is 9.59 Å². The van der Waals surface area contributed by atoms with Crippen LogP contribution in [0, 0.1) is 5.92 Å². The van der Waals surface area contributed by atoms with E-state index < -0.39 is 6.04 Å². The summed E-state index contributed by atoms with van der Waals surface area (Å²) in [5.41, 5.74) is 6.48. The summed E-state index contributed by atoms with van der Waals surface area (Å²) >= 11 is 3.33. The largest absolute Gasteiger partial charge is 0.354 e. The SMILES string of the molecule is CC(C)C[C@H](N)C(=O)NCCC(=O)Nc1ccc(Br)cc1.Cl. The fourth-order valence-electron chi connectivity index (χ4n) is 1.80. The minimum atomic E-state index is -0.514. The van der Waals surface area contributed by atoms with Gasteiger partial charge in [-0.2, -0.15) is 0 Å². The van der Waals surface area contributed by atoms with E-state index in [1.807, 2.05) is 26.0 Å². The van der Waals surface area contributed by atoms with E-state index in [-0.39, 0.29) is 37.2 Å². The van der Waals surface area contributed by atoms with Crippen molar-refractivity contribution in [2.75, 3.05) is 11.9 Å². The Bertz CT molecular complexity index is 480. The number of benzene rings is 1. The van der Waals surface area contributed by atoms with E-state index in [0.717, 1.165) is 10.2 Å². The predicted molar refractivity (Wildman–Crippen MR) is 95.1 cm³/mol. The lowest BCUT2D eigenvalue weighted by atomic mass is 10.0. The smallest absolute Gasteiger partial charge is 0.236 e. The molecule has 0 aliphatic carbocycles. The molecule has 0 aliphatic rings. The number of halogens is 2. The topological polar surface area (TPSA) is 84.2 Å². The van der Waals surface area contributed by atoms with Gasteiger partial charge in [0.05, 0.1) is 6.04 Å². The van der Waals surface area contributed by atoms with Crippen LogP contribution in [0.15, 0.2) is 28.7 Å². The first-order valence-corrected chi connectivity index (χ1v) is 7.76. The zero-order valence-corrected chi connectivity index (χ0v) is 15.2. The number of anilines is 1. The number of carbonyl (C=O) groups is 2. The number of hydrogen-bond acceptors (Lipinski definition) is 3. The average molecular weight is 393 g/mol. The molecule has 7 heteroatoms. The lowest BCUT2D eigenvalue weighted by molar-refractivity contribution is -0.122. The Morgan fingerprint density at radius 3 is 2.36 bits per heavy atom. The third kappa shape index (κ3) is 8.36. The van der Waals surface area contributed by atoms with Gasteiger partial charge in [-0.15, -0.1) is 12.4 Å². The van der Waals surface area contributed by atoms with Crippen molar-refractivity contribution < 1.29 is 9.59 Å². The van der Waals surface area contributed by atoms with Crippen LogP contribution >= 0.6 is 28.3 Å². The Kier molecular flexibility index (Phi) is 10.1. The molecule has 0 bridgehead atoms. The van der Waals surface area contributed by atoms with Crippen LogP contribution in [0.5, 0.6) is 0 Å². The molecule has 0 spiro atoms. The highest BCUT2D eigenvalue weighted by atomic mass is 79.9. The van der Waals surface area contributed by atoms with Crippen LogP contribution in [0.3, 0.4) is 0 Å². The number of carbonyl (C=O) groups excluding carboxylic acids is 2. The summed E-state index contributed by atoms with van der Waals surface area (Å²) < 4.78 is 0.951. The number of rotatable bonds is 7. The van der Waals surface area contributed by atoms with Crippen LogP contribution in [0.2, 0.25) is 0 Å². The van der Waals surface area contributed by atoms with Crippen molar-refractivity contribution in [2.45, 2.75) is 32.7 Å². The van der Waals surface area contributed by atoms with E-state index in [0.29, 0.717) is 12.3 Å². The van der Waals surface area contributed by atoms with Crippen LogP contribution in [0.25, 0.3) is 0 Å². The summed E-state index contributed by atoms with van der Waals surface area (Å²) in [5, 5.41) is 5.44. The molecular formula is C15H23BrClN3O2. The van der Waals surface area contributed by atoms with Crippen molar-refractivity contribution in [3.05, 3.63) is 28.7 Å². The summed E-state index contributed by atoms with van der Waals surface area (Å²) in [6.07, 6.45) is 0.854. The second-order valence-corrected chi connectivity index (χ2v) is 6.25. The van der Waals surface area contributed by atoms with Gasteiger partial charge in [0.25, 0.3) is 0 Å². The second kappa shape index (κ2) is 10.6. The van der Waals surface area contributed by atoms with Gasteiger partial charge in [-0.3, -0.25) is 9.59 Å². The second-order valence-electron chi connectivity index (χ2n) is 5.33. The Labute approximate surface area is 145 Å². The third-order valence-corrected chi connectivity index (χ3v) is 3.37. The summed E-state index contributed by atoms with van der Waals surface area (Å²) in [6.45, 7) is 4.31. The van der Waals surface area contributed by atoms with E-state index in [2.05, 4.69) is 26.6 Å². The highest BCUT2D eigenvalue weighted by molar-refractivity contribution is 9.10. The van der Waals surface area contributed by atoms with Gasteiger partial charge in [0.1, 0.15) is 0 Å². The van der Waals surface area contributed by atoms with Crippen molar-refractivity contribution in [1.82, 2.24) is 5.32 Å². The van der Waals surface area contributed by atoms with Gasteiger partial charge >= 0.3 is 0 Å². The van der Waals surface area contributed by atoms with E-state index in [1.165, 1.54) is 0 Å². The summed E-state index contributed by atoms with van der Waals surface area (Å²) in [6, 6.07) is 6.79. The standard InChI is InChI=1S/C15H22BrN3O2.ClH/c1-10(2)9-13(17)15(21)18-8-7-14(20)19-12-5-3-11(16)4-6-12;/h3-6,10,13H,7-9,17H2,1-2H3,(H,18,21)(H,19,20);1H/t13-;/m0./s1. The normalized spacial score (nSPS) is 11.5. The lowest BCUT2D eigenvalue weighted by Gasteiger charge is -2.14. The Hall–Kier alpha value is -1.11. The maximum absolute atomic E-state index is 11.7. The van der Waals surface area contributed by atoms with Crippen LogP contribution in [0.4, 0.5) is 5.69 Å². The third-order valence-electron chi connectivity index (χ3n) is 2.84. The van der Waals surface area contributed by atoms with Gasteiger partial charge in [-0.25, -0.2) is 0 Å². The maximum Gasteiger partial charge on any atom is 0.236 e. The fraction of sp³-hybridized carbons (Fsp3) is 0.467. The summed E-state index contributed by atoms with van der Waals surface area (Å²) in [7, 11) is 0. The molecule has 0 heterocycles. The molecule has 0 aromatic heterocycles. The first-order chi connectivity index (χ1) is 9.88. The number of nitrogens with one attached hydrogen (secondary N) is 2. The predicted octanol–water partition coefficient (Wildman–Crippen LogP) is 2.69. The van der Waals surface area contributed by atoms with Gasteiger partial charge in [0.15, 0.2) is 0 Å². The fourth-order valence-corrected chi connectivity index (χ4v) is 2.07. The molecular weight excluding hydrogens is 370 g/mol. The van der Waals surface area contributed by atoms with E-state index in [4.69, 9.17) is 5.73 Å². The molecule has 1 rings (SSSR count). The molecule has 4 N–H and O–H groups in total. The molecule has 2 amide bonds. The van der Waals surface area contributed by atoms with Crippen LogP contribution in [-0.4, -0.2) is 24.4 Å². The quantitative estimate of drug-likeness (QED) is 0.667. The van der Waals surface area contributed by atoms with Gasteiger partial charge in [0, 0.05) is 23.1 Å². The van der Waals surface area contributed by atoms with Gasteiger partial charge < -0.3 is 16.4 Å². The van der Waals surface area contributed by atoms with Crippen molar-refractivity contribution in [1.29, 1.82) is 0 Å². The van der Waals surface area contributed by atoms with Crippen LogP contribution < -0.4 is 16.4 Å². The van der Waals surface area contributed by atoms with Crippen LogP contribution in [0.1, 0.15) is 26.7 Å². The average Bonchev–Trinajstić information content (AvgIpc) is 2.40. The molecule has 1 aromatic rings. The Morgan fingerprint density at radius 2 is 1.82 bits per heavy atom. The first kappa shape index (κ1) is 20.9. The highest BCUT2D eigenvalue weighted by Crippen LogP contribution is 2.14.